The number of thiophene rings is 1. The van der Waals surface area contributed by atoms with E-state index in [0.717, 1.165) is 20.8 Å². The minimum absolute atomic E-state index is 0.0464. The van der Waals surface area contributed by atoms with E-state index in [2.05, 4.69) is 16.9 Å². The van der Waals surface area contributed by atoms with Crippen LogP contribution in [0.4, 0.5) is 0 Å². The molecule has 0 spiro atoms. The van der Waals surface area contributed by atoms with E-state index in [4.69, 9.17) is 4.74 Å². The maximum absolute atomic E-state index is 12.6. The third-order valence-corrected chi connectivity index (χ3v) is 6.51. The van der Waals surface area contributed by atoms with Gasteiger partial charge in [0, 0.05) is 22.3 Å². The maximum atomic E-state index is 12.6. The zero-order chi connectivity index (χ0) is 21.2. The van der Waals surface area contributed by atoms with Crippen molar-refractivity contribution in [2.45, 2.75) is 78.6 Å². The summed E-state index contributed by atoms with van der Waals surface area (Å²) in [7, 11) is 0. The van der Waals surface area contributed by atoms with Crippen LogP contribution in [0.3, 0.4) is 0 Å². The van der Waals surface area contributed by atoms with Crippen LogP contribution in [-0.4, -0.2) is 50.7 Å². The van der Waals surface area contributed by atoms with E-state index in [-0.39, 0.29) is 23.7 Å². The van der Waals surface area contributed by atoms with Gasteiger partial charge in [0.15, 0.2) is 6.10 Å². The zero-order valence-corrected chi connectivity index (χ0v) is 19.5. The van der Waals surface area contributed by atoms with E-state index >= 15 is 0 Å². The minimum Gasteiger partial charge on any atom is -0.452 e. The summed E-state index contributed by atoms with van der Waals surface area (Å²) in [6, 6.07) is 0.0928. The molecular formula is C20H29N3O3S2. The van der Waals surface area contributed by atoms with E-state index in [1.165, 1.54) is 16.6 Å². The van der Waals surface area contributed by atoms with Crippen LogP contribution in [0.2, 0.25) is 0 Å². The molecule has 0 unspecified atom stereocenters. The van der Waals surface area contributed by atoms with Crippen molar-refractivity contribution in [2.24, 2.45) is 0 Å². The van der Waals surface area contributed by atoms with E-state index in [1.54, 1.807) is 23.2 Å². The second-order valence-corrected chi connectivity index (χ2v) is 9.56. The molecule has 0 radical (unpaired) electrons. The fourth-order valence-corrected chi connectivity index (χ4v) is 5.20. The number of nitrogens with zero attached hydrogens (tertiary/aromatic N) is 3. The number of ether oxygens (including phenoxy) is 1. The highest BCUT2D eigenvalue weighted by atomic mass is 32.2. The number of hydrogen-bond donors (Lipinski definition) is 0. The van der Waals surface area contributed by atoms with Crippen LogP contribution in [0, 0.1) is 20.8 Å². The van der Waals surface area contributed by atoms with Gasteiger partial charge in [-0.2, -0.15) is 0 Å². The van der Waals surface area contributed by atoms with Gasteiger partial charge >= 0.3 is 5.97 Å². The highest BCUT2D eigenvalue weighted by molar-refractivity contribution is 8.00. The summed E-state index contributed by atoms with van der Waals surface area (Å²) in [5, 5.41) is 1.78. The second-order valence-electron chi connectivity index (χ2n) is 7.39. The number of fused-ring (bicyclic) bond motifs is 1. The molecule has 28 heavy (non-hydrogen) atoms. The number of aryl methyl sites for hydroxylation is 3. The van der Waals surface area contributed by atoms with Crippen LogP contribution >= 0.6 is 23.1 Å². The Hall–Kier alpha value is -1.67. The van der Waals surface area contributed by atoms with Gasteiger partial charge in [-0.05, 0) is 61.0 Å². The van der Waals surface area contributed by atoms with Gasteiger partial charge in [-0.25, -0.2) is 9.97 Å². The van der Waals surface area contributed by atoms with Crippen molar-refractivity contribution in [2.75, 3.05) is 5.75 Å². The van der Waals surface area contributed by atoms with Crippen molar-refractivity contribution in [3.63, 3.8) is 0 Å². The first-order valence-electron chi connectivity index (χ1n) is 9.41. The third kappa shape index (κ3) is 5.03. The lowest BCUT2D eigenvalue weighted by molar-refractivity contribution is -0.159. The summed E-state index contributed by atoms with van der Waals surface area (Å²) >= 11 is 2.96. The average Bonchev–Trinajstić information content (AvgIpc) is 2.85. The summed E-state index contributed by atoms with van der Waals surface area (Å²) in [5.74, 6) is 0.179. The van der Waals surface area contributed by atoms with E-state index in [9.17, 15) is 9.59 Å². The molecule has 0 saturated carbocycles. The topological polar surface area (TPSA) is 72.4 Å². The summed E-state index contributed by atoms with van der Waals surface area (Å²) in [6.07, 6.45) is -0.810. The van der Waals surface area contributed by atoms with Crippen molar-refractivity contribution in [1.29, 1.82) is 0 Å². The summed E-state index contributed by atoms with van der Waals surface area (Å²) in [6.45, 7) is 15.4. The molecule has 1 amide bonds. The van der Waals surface area contributed by atoms with Crippen LogP contribution in [0.15, 0.2) is 5.03 Å². The number of aromatic nitrogens is 2. The predicted octanol–water partition coefficient (Wildman–Crippen LogP) is 4.29. The van der Waals surface area contributed by atoms with Crippen molar-refractivity contribution < 1.29 is 14.3 Å². The fraction of sp³-hybridized carbons (Fsp3) is 0.600. The van der Waals surface area contributed by atoms with Gasteiger partial charge in [-0.1, -0.05) is 11.8 Å². The first-order valence-corrected chi connectivity index (χ1v) is 11.2. The molecule has 8 heteroatoms. The number of carbonyl (C=O) groups excluding carboxylic acids is 2. The number of esters is 1. The molecule has 0 aliphatic heterocycles. The number of amides is 1. The van der Waals surface area contributed by atoms with Gasteiger partial charge in [0.2, 0.25) is 0 Å². The lowest BCUT2D eigenvalue weighted by atomic mass is 10.2. The normalized spacial score (nSPS) is 12.6. The van der Waals surface area contributed by atoms with Gasteiger partial charge in [-0.15, -0.1) is 11.3 Å². The Morgan fingerprint density at radius 2 is 1.68 bits per heavy atom. The maximum Gasteiger partial charge on any atom is 0.317 e. The Kier molecular flexibility index (Phi) is 7.45. The average molecular weight is 424 g/mol. The largest absolute Gasteiger partial charge is 0.452 e. The van der Waals surface area contributed by atoms with Crippen LogP contribution in [-0.2, 0) is 14.3 Å². The smallest absolute Gasteiger partial charge is 0.317 e. The molecule has 0 aliphatic carbocycles. The number of carbonyl (C=O) groups is 2. The first-order chi connectivity index (χ1) is 13.0. The molecule has 154 valence electrons. The molecule has 1 atom stereocenters. The molecule has 0 fully saturated rings. The van der Waals surface area contributed by atoms with E-state index in [1.807, 2.05) is 41.5 Å². The lowest BCUT2D eigenvalue weighted by Crippen LogP contribution is -2.47. The Morgan fingerprint density at radius 1 is 1.07 bits per heavy atom. The minimum atomic E-state index is -0.810. The third-order valence-electron chi connectivity index (χ3n) is 4.46. The monoisotopic (exact) mass is 423 g/mol. The predicted molar refractivity (Wildman–Crippen MR) is 115 cm³/mol. The Balaban J connectivity index is 2.07. The van der Waals surface area contributed by atoms with Gasteiger partial charge in [0.05, 0.1) is 5.75 Å². The molecule has 0 aromatic carbocycles. The quantitative estimate of drug-likeness (QED) is 0.376. The van der Waals surface area contributed by atoms with Crippen LogP contribution < -0.4 is 0 Å². The number of rotatable bonds is 7. The molecule has 2 rings (SSSR count). The van der Waals surface area contributed by atoms with E-state index in [0.29, 0.717) is 5.82 Å². The summed E-state index contributed by atoms with van der Waals surface area (Å²) < 4.78 is 5.40. The molecule has 2 aromatic rings. The van der Waals surface area contributed by atoms with Crippen LogP contribution in [0.5, 0.6) is 0 Å². The SMILES string of the molecule is Cc1nc(SCC(=O)O[C@H](C)C(=O)N(C(C)C)C(C)C)c2c(C)c(C)sc2n1. The van der Waals surface area contributed by atoms with Crippen molar-refractivity contribution >= 4 is 45.2 Å². The van der Waals surface area contributed by atoms with Gasteiger partial charge < -0.3 is 9.64 Å². The van der Waals surface area contributed by atoms with Gasteiger partial charge in [0.25, 0.3) is 5.91 Å². The molecular weight excluding hydrogens is 394 g/mol. The molecule has 0 N–H and O–H groups in total. The number of thioether (sulfide) groups is 1. The van der Waals surface area contributed by atoms with E-state index < -0.39 is 12.1 Å². The molecule has 2 heterocycles. The Bertz CT molecular complexity index is 869. The highest BCUT2D eigenvalue weighted by Gasteiger charge is 2.27. The van der Waals surface area contributed by atoms with Crippen molar-refractivity contribution in [3.8, 4) is 0 Å². The van der Waals surface area contributed by atoms with Crippen LogP contribution in [0.25, 0.3) is 10.2 Å². The van der Waals surface area contributed by atoms with Crippen LogP contribution in [0.1, 0.15) is 50.9 Å². The first kappa shape index (κ1) is 22.6. The summed E-state index contributed by atoms with van der Waals surface area (Å²) in [4.78, 5) is 37.9. The molecule has 0 bridgehead atoms. The molecule has 0 aliphatic rings. The molecule has 6 nitrogen and oxygen atoms in total. The number of hydrogen-bond acceptors (Lipinski definition) is 7. The van der Waals surface area contributed by atoms with Crippen molar-refractivity contribution in [3.05, 3.63) is 16.3 Å². The molecule has 2 aromatic heterocycles. The fourth-order valence-electron chi connectivity index (χ4n) is 3.14. The second kappa shape index (κ2) is 9.22. The Morgan fingerprint density at radius 3 is 2.25 bits per heavy atom. The summed E-state index contributed by atoms with van der Waals surface area (Å²) in [5.41, 5.74) is 1.14. The van der Waals surface area contributed by atoms with Crippen molar-refractivity contribution in [1.82, 2.24) is 14.9 Å². The lowest BCUT2D eigenvalue weighted by Gasteiger charge is -2.32. The van der Waals surface area contributed by atoms with Gasteiger partial charge in [0.1, 0.15) is 15.7 Å². The molecule has 0 saturated heterocycles. The highest BCUT2D eigenvalue weighted by Crippen LogP contribution is 2.35. The van der Waals surface area contributed by atoms with Gasteiger partial charge in [-0.3, -0.25) is 9.59 Å². The standard InChI is InChI=1S/C20H29N3O3S2/c1-10(2)23(11(3)4)20(25)13(6)26-16(24)9-27-18-17-12(5)14(7)28-19(17)22-15(8)21-18/h10-11,13H,9H2,1-8H3/t13-/m1/s1. The zero-order valence-electron chi connectivity index (χ0n) is 17.8. The Labute approximate surface area is 175 Å².